The summed E-state index contributed by atoms with van der Waals surface area (Å²) in [5, 5.41) is 8.70. The van der Waals surface area contributed by atoms with Gasteiger partial charge in [-0.15, -0.1) is 12.4 Å². The summed E-state index contributed by atoms with van der Waals surface area (Å²) in [5.74, 6) is 0.126. The second-order valence-electron chi connectivity index (χ2n) is 4.74. The lowest BCUT2D eigenvalue weighted by Gasteiger charge is -2.25. The van der Waals surface area contributed by atoms with E-state index in [0.29, 0.717) is 12.0 Å². The summed E-state index contributed by atoms with van der Waals surface area (Å²) < 4.78 is 5.27. The number of benzene rings is 1. The predicted octanol–water partition coefficient (Wildman–Crippen LogP) is 2.28. The van der Waals surface area contributed by atoms with Gasteiger partial charge in [0.15, 0.2) is 5.78 Å². The Morgan fingerprint density at radius 1 is 1.29 bits per heavy atom. The van der Waals surface area contributed by atoms with Crippen molar-refractivity contribution in [2.75, 3.05) is 32.8 Å². The first-order chi connectivity index (χ1) is 9.78. The third-order valence-electron chi connectivity index (χ3n) is 3.28. The van der Waals surface area contributed by atoms with Crippen LogP contribution in [0.15, 0.2) is 30.3 Å². The summed E-state index contributed by atoms with van der Waals surface area (Å²) in [6.07, 6.45) is 3.94. The van der Waals surface area contributed by atoms with Crippen molar-refractivity contribution < 1.29 is 9.53 Å². The second kappa shape index (κ2) is 9.30. The van der Waals surface area contributed by atoms with E-state index in [1.165, 1.54) is 0 Å². The minimum absolute atomic E-state index is 0. The highest BCUT2D eigenvalue weighted by atomic mass is 35.5. The van der Waals surface area contributed by atoms with Crippen molar-refractivity contribution in [1.29, 1.82) is 5.26 Å². The van der Waals surface area contributed by atoms with Gasteiger partial charge in [0.05, 0.1) is 24.8 Å². The highest BCUT2D eigenvalue weighted by Crippen LogP contribution is 2.06. The fourth-order valence-corrected chi connectivity index (χ4v) is 2.03. The maximum Gasteiger partial charge on any atom is 0.156 e. The molecule has 0 atom stereocenters. The van der Waals surface area contributed by atoms with Crippen molar-refractivity contribution in [2.45, 2.75) is 6.42 Å². The Balaban J connectivity index is 0.00000220. The van der Waals surface area contributed by atoms with Gasteiger partial charge in [-0.1, -0.05) is 18.2 Å². The molecular weight excluding hydrogens is 288 g/mol. The lowest BCUT2D eigenvalue weighted by atomic mass is 10.1. The van der Waals surface area contributed by atoms with Crippen LogP contribution in [0.4, 0.5) is 0 Å². The van der Waals surface area contributed by atoms with E-state index < -0.39 is 0 Å². The number of carbonyl (C=O) groups excluding carboxylic acids is 1. The van der Waals surface area contributed by atoms with Gasteiger partial charge in [0, 0.05) is 26.1 Å². The van der Waals surface area contributed by atoms with Crippen molar-refractivity contribution in [2.24, 2.45) is 0 Å². The van der Waals surface area contributed by atoms with Gasteiger partial charge in [-0.25, -0.2) is 0 Å². The number of rotatable bonds is 5. The number of hydrogen-bond acceptors (Lipinski definition) is 4. The molecule has 21 heavy (non-hydrogen) atoms. The molecule has 0 radical (unpaired) electrons. The van der Waals surface area contributed by atoms with Gasteiger partial charge >= 0.3 is 0 Å². The van der Waals surface area contributed by atoms with E-state index in [2.05, 4.69) is 11.0 Å². The number of hydrogen-bond donors (Lipinski definition) is 0. The van der Waals surface area contributed by atoms with E-state index in [9.17, 15) is 4.79 Å². The zero-order valence-corrected chi connectivity index (χ0v) is 12.6. The fraction of sp³-hybridized carbons (Fsp3) is 0.375. The lowest BCUT2D eigenvalue weighted by Crippen LogP contribution is -2.37. The molecule has 0 aromatic heterocycles. The van der Waals surface area contributed by atoms with Crippen molar-refractivity contribution in [3.8, 4) is 6.07 Å². The number of morpholine rings is 1. The van der Waals surface area contributed by atoms with Gasteiger partial charge < -0.3 is 4.74 Å². The third-order valence-corrected chi connectivity index (χ3v) is 3.28. The zero-order chi connectivity index (χ0) is 14.2. The highest BCUT2D eigenvalue weighted by Gasteiger charge is 2.10. The maximum atomic E-state index is 11.8. The fourth-order valence-electron chi connectivity index (χ4n) is 2.03. The summed E-state index contributed by atoms with van der Waals surface area (Å²) >= 11 is 0. The monoisotopic (exact) mass is 306 g/mol. The van der Waals surface area contributed by atoms with Crippen LogP contribution in [-0.2, 0) is 9.53 Å². The molecule has 1 aromatic carbocycles. The first-order valence-corrected chi connectivity index (χ1v) is 6.79. The quantitative estimate of drug-likeness (QED) is 0.783. The maximum absolute atomic E-state index is 11.8. The summed E-state index contributed by atoms with van der Waals surface area (Å²) in [6, 6.07) is 9.24. The molecule has 1 saturated heterocycles. The highest BCUT2D eigenvalue weighted by molar-refractivity contribution is 5.93. The van der Waals surface area contributed by atoms with Crippen molar-refractivity contribution in [1.82, 2.24) is 4.90 Å². The first kappa shape index (κ1) is 17.4. The lowest BCUT2D eigenvalue weighted by molar-refractivity contribution is -0.115. The van der Waals surface area contributed by atoms with Crippen LogP contribution in [0, 0.1) is 11.3 Å². The number of nitriles is 1. The second-order valence-corrected chi connectivity index (χ2v) is 4.74. The molecule has 0 bridgehead atoms. The Labute approximate surface area is 131 Å². The number of allylic oxidation sites excluding steroid dienone is 1. The molecule has 112 valence electrons. The summed E-state index contributed by atoms with van der Waals surface area (Å²) in [4.78, 5) is 14.0. The standard InChI is InChI=1S/C16H18N2O2.ClH/c17-13-15-3-1-14(2-4-15)5-6-16(19)7-8-18-9-11-20-12-10-18;/h1-6H,7-12H2;1H/b6-5+;. The Morgan fingerprint density at radius 3 is 2.57 bits per heavy atom. The molecule has 5 heteroatoms. The Kier molecular flexibility index (Phi) is 7.70. The molecule has 0 N–H and O–H groups in total. The number of halogens is 1. The van der Waals surface area contributed by atoms with Crippen LogP contribution in [-0.4, -0.2) is 43.5 Å². The van der Waals surface area contributed by atoms with E-state index >= 15 is 0 Å². The van der Waals surface area contributed by atoms with Crippen molar-refractivity contribution in [3.05, 3.63) is 41.5 Å². The van der Waals surface area contributed by atoms with Crippen LogP contribution in [0.2, 0.25) is 0 Å². The molecule has 1 fully saturated rings. The third kappa shape index (κ3) is 6.09. The van der Waals surface area contributed by atoms with Crippen LogP contribution in [0.5, 0.6) is 0 Å². The number of ether oxygens (including phenoxy) is 1. The molecule has 4 nitrogen and oxygen atoms in total. The van der Waals surface area contributed by atoms with E-state index in [0.717, 1.165) is 38.4 Å². The molecule has 0 aliphatic carbocycles. The van der Waals surface area contributed by atoms with Gasteiger partial charge in [0.25, 0.3) is 0 Å². The summed E-state index contributed by atoms with van der Waals surface area (Å²) in [5.41, 5.74) is 1.56. The van der Waals surface area contributed by atoms with E-state index in [1.54, 1.807) is 24.3 Å². The van der Waals surface area contributed by atoms with E-state index in [-0.39, 0.29) is 18.2 Å². The van der Waals surface area contributed by atoms with Crippen LogP contribution >= 0.6 is 12.4 Å². The van der Waals surface area contributed by atoms with Gasteiger partial charge in [-0.2, -0.15) is 5.26 Å². The van der Waals surface area contributed by atoms with Crippen molar-refractivity contribution in [3.63, 3.8) is 0 Å². The van der Waals surface area contributed by atoms with Gasteiger partial charge in [-0.05, 0) is 23.8 Å². The van der Waals surface area contributed by atoms with Crippen LogP contribution < -0.4 is 0 Å². The van der Waals surface area contributed by atoms with Crippen LogP contribution in [0.1, 0.15) is 17.5 Å². The number of ketones is 1. The van der Waals surface area contributed by atoms with E-state index in [4.69, 9.17) is 10.00 Å². The van der Waals surface area contributed by atoms with Crippen molar-refractivity contribution >= 4 is 24.3 Å². The predicted molar refractivity (Wildman–Crippen MR) is 84.3 cm³/mol. The number of nitrogens with zero attached hydrogens (tertiary/aromatic N) is 2. The van der Waals surface area contributed by atoms with Crippen LogP contribution in [0.3, 0.4) is 0 Å². The molecule has 2 rings (SSSR count). The molecule has 1 heterocycles. The Morgan fingerprint density at radius 2 is 1.95 bits per heavy atom. The molecule has 0 spiro atoms. The summed E-state index contributed by atoms with van der Waals surface area (Å²) in [7, 11) is 0. The summed E-state index contributed by atoms with van der Waals surface area (Å²) in [6.45, 7) is 4.13. The number of carbonyl (C=O) groups is 1. The molecule has 1 aromatic rings. The average molecular weight is 307 g/mol. The molecule has 0 unspecified atom stereocenters. The first-order valence-electron chi connectivity index (χ1n) is 6.79. The Bertz CT molecular complexity index is 514. The minimum atomic E-state index is 0. The Hall–Kier alpha value is -1.67. The molecule has 1 aliphatic rings. The minimum Gasteiger partial charge on any atom is -0.379 e. The molecule has 0 saturated carbocycles. The topological polar surface area (TPSA) is 53.3 Å². The normalized spacial score (nSPS) is 15.4. The molecule has 0 amide bonds. The van der Waals surface area contributed by atoms with Gasteiger partial charge in [-0.3, -0.25) is 9.69 Å². The average Bonchev–Trinajstić information content (AvgIpc) is 2.52. The van der Waals surface area contributed by atoms with Gasteiger partial charge in [0.2, 0.25) is 0 Å². The molecule has 1 aliphatic heterocycles. The molecular formula is C16H19ClN2O2. The smallest absolute Gasteiger partial charge is 0.156 e. The zero-order valence-electron chi connectivity index (χ0n) is 11.8. The van der Waals surface area contributed by atoms with Crippen LogP contribution in [0.25, 0.3) is 6.08 Å². The van der Waals surface area contributed by atoms with Gasteiger partial charge in [0.1, 0.15) is 0 Å². The SMILES string of the molecule is Cl.N#Cc1ccc(/C=C/C(=O)CCN2CCOCC2)cc1. The largest absolute Gasteiger partial charge is 0.379 e. The van der Waals surface area contributed by atoms with E-state index in [1.807, 2.05) is 12.1 Å².